The highest BCUT2D eigenvalue weighted by atomic mass is 16.5. The molecule has 6 nitrogen and oxygen atoms in total. The van der Waals surface area contributed by atoms with Gasteiger partial charge in [0.05, 0.1) is 6.61 Å². The van der Waals surface area contributed by atoms with Gasteiger partial charge in [-0.25, -0.2) is 9.59 Å². The van der Waals surface area contributed by atoms with Crippen LogP contribution in [-0.2, 0) is 14.3 Å². The predicted octanol–water partition coefficient (Wildman–Crippen LogP) is 1.73. The third-order valence-electron chi connectivity index (χ3n) is 3.63. The van der Waals surface area contributed by atoms with Gasteiger partial charge in [-0.2, -0.15) is 0 Å². The standard InChI is InChI=1S/C18H18O6/c19-15(17(20)21)16(18(22)23)24-11-14(12-7-3-1-4-8-12)13-9-5-2-6-10-13/h1-10,14-16,19H,11H2,(H,20,21)(H,22,23). The minimum absolute atomic E-state index is 0.0741. The molecule has 0 aromatic heterocycles. The molecule has 0 aliphatic heterocycles. The van der Waals surface area contributed by atoms with Crippen molar-refractivity contribution in [2.45, 2.75) is 18.1 Å². The van der Waals surface area contributed by atoms with Gasteiger partial charge in [0, 0.05) is 5.92 Å². The predicted molar refractivity (Wildman–Crippen MR) is 85.7 cm³/mol. The number of carbonyl (C=O) groups is 2. The number of aliphatic hydroxyl groups excluding tert-OH is 1. The van der Waals surface area contributed by atoms with Crippen molar-refractivity contribution in [3.63, 3.8) is 0 Å². The van der Waals surface area contributed by atoms with Crippen LogP contribution in [0, 0.1) is 0 Å². The van der Waals surface area contributed by atoms with Crippen LogP contribution in [0.1, 0.15) is 17.0 Å². The maximum Gasteiger partial charge on any atom is 0.336 e. The molecule has 2 unspecified atom stereocenters. The zero-order valence-corrected chi connectivity index (χ0v) is 12.8. The van der Waals surface area contributed by atoms with Crippen molar-refractivity contribution in [2.24, 2.45) is 0 Å². The molecule has 2 atom stereocenters. The summed E-state index contributed by atoms with van der Waals surface area (Å²) in [4.78, 5) is 22.0. The van der Waals surface area contributed by atoms with Crippen LogP contribution in [0.5, 0.6) is 0 Å². The van der Waals surface area contributed by atoms with E-state index < -0.39 is 24.1 Å². The van der Waals surface area contributed by atoms with Crippen molar-refractivity contribution in [2.75, 3.05) is 6.61 Å². The Morgan fingerprint density at radius 1 is 0.833 bits per heavy atom. The zero-order valence-electron chi connectivity index (χ0n) is 12.8. The fourth-order valence-corrected chi connectivity index (χ4v) is 2.38. The molecule has 0 radical (unpaired) electrons. The van der Waals surface area contributed by atoms with E-state index in [4.69, 9.17) is 14.9 Å². The zero-order chi connectivity index (χ0) is 17.5. The number of ether oxygens (including phenoxy) is 1. The van der Waals surface area contributed by atoms with Crippen molar-refractivity contribution in [3.8, 4) is 0 Å². The Hall–Kier alpha value is -2.70. The Morgan fingerprint density at radius 2 is 1.29 bits per heavy atom. The highest BCUT2D eigenvalue weighted by molar-refractivity contribution is 5.83. The lowest BCUT2D eigenvalue weighted by Gasteiger charge is -2.22. The van der Waals surface area contributed by atoms with Crippen LogP contribution >= 0.6 is 0 Å². The molecular formula is C18H18O6. The van der Waals surface area contributed by atoms with E-state index in [1.54, 1.807) is 0 Å². The summed E-state index contributed by atoms with van der Waals surface area (Å²) in [7, 11) is 0. The molecule has 126 valence electrons. The Balaban J connectivity index is 2.23. The van der Waals surface area contributed by atoms with E-state index in [1.807, 2.05) is 60.7 Å². The third kappa shape index (κ3) is 4.41. The maximum absolute atomic E-state index is 11.2. The molecule has 0 fully saturated rings. The summed E-state index contributed by atoms with van der Waals surface area (Å²) < 4.78 is 5.27. The SMILES string of the molecule is O=C(O)C(O)C(OCC(c1ccccc1)c1ccccc1)C(=O)O. The lowest BCUT2D eigenvalue weighted by Crippen LogP contribution is -2.42. The first-order valence-electron chi connectivity index (χ1n) is 7.36. The second-order valence-corrected chi connectivity index (χ2v) is 5.25. The average molecular weight is 330 g/mol. The fraction of sp³-hybridized carbons (Fsp3) is 0.222. The molecular weight excluding hydrogens is 312 g/mol. The van der Waals surface area contributed by atoms with Crippen LogP contribution in [-0.4, -0.2) is 46.1 Å². The summed E-state index contributed by atoms with van der Waals surface area (Å²) in [5.41, 5.74) is 1.80. The van der Waals surface area contributed by atoms with Crippen LogP contribution in [0.4, 0.5) is 0 Å². The van der Waals surface area contributed by atoms with Crippen molar-refractivity contribution >= 4 is 11.9 Å². The average Bonchev–Trinajstić information content (AvgIpc) is 2.59. The van der Waals surface area contributed by atoms with Crippen LogP contribution in [0.15, 0.2) is 60.7 Å². The maximum atomic E-state index is 11.2. The molecule has 0 amide bonds. The number of carboxylic acids is 2. The molecule has 3 N–H and O–H groups in total. The van der Waals surface area contributed by atoms with Crippen molar-refractivity contribution in [1.82, 2.24) is 0 Å². The number of rotatable bonds is 8. The van der Waals surface area contributed by atoms with E-state index in [1.165, 1.54) is 0 Å². The first-order chi connectivity index (χ1) is 11.5. The van der Waals surface area contributed by atoms with Gasteiger partial charge in [0.25, 0.3) is 0 Å². The molecule has 2 rings (SSSR count). The molecule has 0 heterocycles. The number of aliphatic carboxylic acids is 2. The molecule has 6 heteroatoms. The first-order valence-corrected chi connectivity index (χ1v) is 7.36. The van der Waals surface area contributed by atoms with E-state index >= 15 is 0 Å². The summed E-state index contributed by atoms with van der Waals surface area (Å²) in [6.07, 6.45) is -3.97. The smallest absolute Gasteiger partial charge is 0.336 e. The highest BCUT2D eigenvalue weighted by Gasteiger charge is 2.34. The number of hydrogen-bond donors (Lipinski definition) is 3. The minimum Gasteiger partial charge on any atom is -0.479 e. The van der Waals surface area contributed by atoms with E-state index in [0.717, 1.165) is 11.1 Å². The molecule has 0 aliphatic carbocycles. The van der Waals surface area contributed by atoms with Gasteiger partial charge in [0.15, 0.2) is 12.2 Å². The fourth-order valence-electron chi connectivity index (χ4n) is 2.38. The second-order valence-electron chi connectivity index (χ2n) is 5.25. The Morgan fingerprint density at radius 3 is 1.67 bits per heavy atom. The van der Waals surface area contributed by atoms with Crippen molar-refractivity contribution < 1.29 is 29.6 Å². The highest BCUT2D eigenvalue weighted by Crippen LogP contribution is 2.25. The Bertz CT molecular complexity index is 631. The van der Waals surface area contributed by atoms with Crippen LogP contribution in [0.2, 0.25) is 0 Å². The summed E-state index contributed by atoms with van der Waals surface area (Å²) >= 11 is 0. The Kier molecular flexibility index (Phi) is 6.06. The van der Waals surface area contributed by atoms with Crippen molar-refractivity contribution in [3.05, 3.63) is 71.8 Å². The van der Waals surface area contributed by atoms with Gasteiger partial charge < -0.3 is 20.1 Å². The molecule has 2 aromatic carbocycles. The van der Waals surface area contributed by atoms with Gasteiger partial charge in [-0.15, -0.1) is 0 Å². The first kappa shape index (κ1) is 17.7. The third-order valence-corrected chi connectivity index (χ3v) is 3.63. The van der Waals surface area contributed by atoms with Gasteiger partial charge in [-0.05, 0) is 11.1 Å². The normalized spacial score (nSPS) is 13.4. The number of carboxylic acid groups (broad SMARTS) is 2. The van der Waals surface area contributed by atoms with Gasteiger partial charge in [-0.1, -0.05) is 60.7 Å². The Labute approximate surface area is 138 Å². The number of aliphatic hydroxyl groups is 1. The molecule has 24 heavy (non-hydrogen) atoms. The van der Waals surface area contributed by atoms with Gasteiger partial charge in [-0.3, -0.25) is 0 Å². The van der Waals surface area contributed by atoms with Gasteiger partial charge in [0.2, 0.25) is 0 Å². The van der Waals surface area contributed by atoms with Crippen LogP contribution in [0.25, 0.3) is 0 Å². The van der Waals surface area contributed by atoms with Gasteiger partial charge >= 0.3 is 11.9 Å². The second kappa shape index (κ2) is 8.24. The minimum atomic E-state index is -2.13. The largest absolute Gasteiger partial charge is 0.479 e. The number of benzene rings is 2. The summed E-state index contributed by atoms with van der Waals surface area (Å²) in [6.45, 7) is -0.0741. The van der Waals surface area contributed by atoms with E-state index in [-0.39, 0.29) is 12.5 Å². The molecule has 2 aromatic rings. The van der Waals surface area contributed by atoms with Gasteiger partial charge in [0.1, 0.15) is 0 Å². The van der Waals surface area contributed by atoms with Crippen LogP contribution < -0.4 is 0 Å². The molecule has 0 bridgehead atoms. The van der Waals surface area contributed by atoms with Crippen molar-refractivity contribution in [1.29, 1.82) is 0 Å². The quantitative estimate of drug-likeness (QED) is 0.681. The van der Waals surface area contributed by atoms with E-state index in [9.17, 15) is 14.7 Å². The monoisotopic (exact) mass is 330 g/mol. The van der Waals surface area contributed by atoms with E-state index in [2.05, 4.69) is 0 Å². The lowest BCUT2D eigenvalue weighted by atomic mass is 9.92. The van der Waals surface area contributed by atoms with Crippen LogP contribution in [0.3, 0.4) is 0 Å². The topological polar surface area (TPSA) is 104 Å². The number of hydrogen-bond acceptors (Lipinski definition) is 4. The summed E-state index contributed by atoms with van der Waals surface area (Å²) in [5.74, 6) is -3.45. The molecule has 0 saturated carbocycles. The summed E-state index contributed by atoms with van der Waals surface area (Å²) in [6, 6.07) is 18.7. The van der Waals surface area contributed by atoms with E-state index in [0.29, 0.717) is 0 Å². The summed E-state index contributed by atoms with van der Waals surface area (Å²) in [5, 5.41) is 27.4. The molecule has 0 aliphatic rings. The molecule has 0 saturated heterocycles. The lowest BCUT2D eigenvalue weighted by molar-refractivity contribution is -0.171. The molecule has 0 spiro atoms.